The molecule has 2 saturated carbocycles. The lowest BCUT2D eigenvalue weighted by Gasteiger charge is -2.13. The van der Waals surface area contributed by atoms with E-state index in [9.17, 15) is 8.42 Å². The van der Waals surface area contributed by atoms with Crippen molar-refractivity contribution < 1.29 is 8.42 Å². The molecule has 5 heteroatoms. The third-order valence-corrected chi connectivity index (χ3v) is 5.96. The molecule has 2 aliphatic carbocycles. The van der Waals surface area contributed by atoms with E-state index in [-0.39, 0.29) is 6.04 Å². The van der Waals surface area contributed by atoms with E-state index in [0.717, 1.165) is 30.5 Å². The first-order valence-corrected chi connectivity index (χ1v) is 9.35. The molecular weight excluding hydrogens is 284 g/mol. The van der Waals surface area contributed by atoms with Gasteiger partial charge in [0.1, 0.15) is 0 Å². The molecule has 116 valence electrons. The fourth-order valence-electron chi connectivity index (χ4n) is 2.55. The van der Waals surface area contributed by atoms with Gasteiger partial charge < -0.3 is 5.32 Å². The van der Waals surface area contributed by atoms with E-state index >= 15 is 0 Å². The van der Waals surface area contributed by atoms with Gasteiger partial charge in [-0.05, 0) is 48.8 Å². The maximum absolute atomic E-state index is 12.6. The molecule has 1 aromatic rings. The van der Waals surface area contributed by atoms with E-state index in [4.69, 9.17) is 0 Å². The van der Waals surface area contributed by atoms with Crippen LogP contribution in [0.25, 0.3) is 0 Å². The Kier molecular flexibility index (Phi) is 4.08. The molecule has 2 unspecified atom stereocenters. The molecule has 0 aromatic heterocycles. The molecule has 0 bridgehead atoms. The summed E-state index contributed by atoms with van der Waals surface area (Å²) < 4.78 is 28.0. The predicted molar refractivity (Wildman–Crippen MR) is 83.6 cm³/mol. The Morgan fingerprint density at radius 2 is 2.00 bits per heavy atom. The van der Waals surface area contributed by atoms with Crippen LogP contribution in [0.2, 0.25) is 0 Å². The minimum absolute atomic E-state index is 0.118. The third-order valence-electron chi connectivity index (χ3n) is 4.39. The Labute approximate surface area is 127 Å². The van der Waals surface area contributed by atoms with Crippen molar-refractivity contribution >= 4 is 10.0 Å². The Bertz CT molecular complexity index is 623. The quantitative estimate of drug-likeness (QED) is 0.812. The van der Waals surface area contributed by atoms with Crippen molar-refractivity contribution in [2.75, 3.05) is 0 Å². The zero-order valence-electron chi connectivity index (χ0n) is 12.7. The van der Waals surface area contributed by atoms with Gasteiger partial charge in [-0.25, -0.2) is 13.1 Å². The van der Waals surface area contributed by atoms with E-state index in [1.165, 1.54) is 12.8 Å². The molecule has 0 heterocycles. The number of sulfonamides is 1. The van der Waals surface area contributed by atoms with Crippen LogP contribution in [0, 0.1) is 5.92 Å². The molecule has 3 rings (SSSR count). The Balaban J connectivity index is 1.81. The summed E-state index contributed by atoms with van der Waals surface area (Å²) in [5.74, 6) is 0.463. The number of aryl methyl sites for hydroxylation is 1. The summed E-state index contributed by atoms with van der Waals surface area (Å²) in [5, 5.41) is 3.43. The number of nitrogens with one attached hydrogen (secondary N) is 2. The molecule has 4 nitrogen and oxygen atoms in total. The fraction of sp³-hybridized carbons (Fsp3) is 0.625. The highest BCUT2D eigenvalue weighted by Gasteiger charge is 2.37. The molecule has 2 atom stereocenters. The topological polar surface area (TPSA) is 58.2 Å². The van der Waals surface area contributed by atoms with Gasteiger partial charge in [0, 0.05) is 18.6 Å². The van der Waals surface area contributed by atoms with Crippen LogP contribution in [0.5, 0.6) is 0 Å². The lowest BCUT2D eigenvalue weighted by Crippen LogP contribution is -2.28. The molecule has 0 amide bonds. The first kappa shape index (κ1) is 15.0. The van der Waals surface area contributed by atoms with Crippen LogP contribution >= 0.6 is 0 Å². The van der Waals surface area contributed by atoms with Gasteiger partial charge in [-0.2, -0.15) is 0 Å². The van der Waals surface area contributed by atoms with Gasteiger partial charge in [-0.3, -0.25) is 0 Å². The molecule has 0 radical (unpaired) electrons. The van der Waals surface area contributed by atoms with E-state index in [0.29, 0.717) is 16.9 Å². The van der Waals surface area contributed by atoms with Crippen molar-refractivity contribution in [3.63, 3.8) is 0 Å². The molecule has 0 saturated heterocycles. The Morgan fingerprint density at radius 3 is 2.57 bits per heavy atom. The third kappa shape index (κ3) is 3.65. The van der Waals surface area contributed by atoms with Gasteiger partial charge >= 0.3 is 0 Å². The molecule has 0 aliphatic heterocycles. The van der Waals surface area contributed by atoms with Crippen LogP contribution in [0.15, 0.2) is 23.1 Å². The van der Waals surface area contributed by atoms with Gasteiger partial charge in [-0.1, -0.05) is 26.0 Å². The van der Waals surface area contributed by atoms with Gasteiger partial charge in [-0.15, -0.1) is 0 Å². The van der Waals surface area contributed by atoms with Crippen LogP contribution in [0.4, 0.5) is 0 Å². The summed E-state index contributed by atoms with van der Waals surface area (Å²) in [6, 6.07) is 6.57. The van der Waals surface area contributed by atoms with Crippen LogP contribution in [0.1, 0.15) is 44.2 Å². The Morgan fingerprint density at radius 1 is 1.29 bits per heavy atom. The SMILES string of the molecule is CCc1ccc(CNC2CC2)cc1S(=O)(=O)NC1CC1C. The number of benzene rings is 1. The monoisotopic (exact) mass is 308 g/mol. The van der Waals surface area contributed by atoms with Crippen molar-refractivity contribution in [2.24, 2.45) is 5.92 Å². The summed E-state index contributed by atoms with van der Waals surface area (Å²) in [6.07, 6.45) is 4.15. The second kappa shape index (κ2) is 5.71. The maximum atomic E-state index is 12.6. The highest BCUT2D eigenvalue weighted by atomic mass is 32.2. The van der Waals surface area contributed by atoms with Crippen molar-refractivity contribution in [3.8, 4) is 0 Å². The predicted octanol–water partition coefficient (Wildman–Crippen LogP) is 2.19. The van der Waals surface area contributed by atoms with E-state index in [1.807, 2.05) is 25.1 Å². The van der Waals surface area contributed by atoms with Crippen molar-refractivity contribution in [1.29, 1.82) is 0 Å². The molecule has 21 heavy (non-hydrogen) atoms. The lowest BCUT2D eigenvalue weighted by molar-refractivity contribution is 0.577. The largest absolute Gasteiger partial charge is 0.310 e. The van der Waals surface area contributed by atoms with E-state index in [1.54, 1.807) is 0 Å². The molecule has 1 aromatic carbocycles. The van der Waals surface area contributed by atoms with Crippen LogP contribution in [-0.4, -0.2) is 20.5 Å². The van der Waals surface area contributed by atoms with Crippen LogP contribution < -0.4 is 10.0 Å². The lowest BCUT2D eigenvalue weighted by atomic mass is 10.1. The van der Waals surface area contributed by atoms with Gasteiger partial charge in [0.25, 0.3) is 0 Å². The first-order valence-electron chi connectivity index (χ1n) is 7.87. The molecule has 2 fully saturated rings. The van der Waals surface area contributed by atoms with Crippen LogP contribution in [0.3, 0.4) is 0 Å². The standard InChI is InChI=1S/C16H24N2O2S/c1-3-13-5-4-12(10-17-14-6-7-14)9-16(13)21(19,20)18-15-8-11(15)2/h4-5,9,11,14-15,17-18H,3,6-8,10H2,1-2H3. The summed E-state index contributed by atoms with van der Waals surface area (Å²) in [5.41, 5.74) is 1.94. The fourth-order valence-corrected chi connectivity index (χ4v) is 4.27. The summed E-state index contributed by atoms with van der Waals surface area (Å²) >= 11 is 0. The second-order valence-corrected chi connectivity index (χ2v) is 8.07. The van der Waals surface area contributed by atoms with Crippen molar-refractivity contribution in [2.45, 2.75) is 63.1 Å². The van der Waals surface area contributed by atoms with Crippen LogP contribution in [-0.2, 0) is 23.0 Å². The van der Waals surface area contributed by atoms with Gasteiger partial charge in [0.2, 0.25) is 10.0 Å². The number of hydrogen-bond donors (Lipinski definition) is 2. The van der Waals surface area contributed by atoms with E-state index in [2.05, 4.69) is 17.0 Å². The maximum Gasteiger partial charge on any atom is 0.241 e. The van der Waals surface area contributed by atoms with Gasteiger partial charge in [0.05, 0.1) is 4.90 Å². The highest BCUT2D eigenvalue weighted by Crippen LogP contribution is 2.31. The van der Waals surface area contributed by atoms with E-state index < -0.39 is 10.0 Å². The average molecular weight is 308 g/mol. The minimum atomic E-state index is -3.40. The average Bonchev–Trinajstić information content (AvgIpc) is 3.36. The second-order valence-electron chi connectivity index (χ2n) is 6.39. The Hall–Kier alpha value is -0.910. The molecular formula is C16H24N2O2S. The zero-order valence-corrected chi connectivity index (χ0v) is 13.5. The highest BCUT2D eigenvalue weighted by molar-refractivity contribution is 7.89. The van der Waals surface area contributed by atoms with Crippen molar-refractivity contribution in [1.82, 2.24) is 10.0 Å². The first-order chi connectivity index (χ1) is 9.99. The minimum Gasteiger partial charge on any atom is -0.310 e. The van der Waals surface area contributed by atoms with Gasteiger partial charge in [0.15, 0.2) is 0 Å². The smallest absolute Gasteiger partial charge is 0.241 e. The normalized spacial score (nSPS) is 25.0. The molecule has 0 spiro atoms. The number of rotatable bonds is 7. The zero-order chi connectivity index (χ0) is 15.0. The number of hydrogen-bond acceptors (Lipinski definition) is 3. The molecule has 2 N–H and O–H groups in total. The molecule has 2 aliphatic rings. The summed E-state index contributed by atoms with van der Waals surface area (Å²) in [6.45, 7) is 4.82. The summed E-state index contributed by atoms with van der Waals surface area (Å²) in [7, 11) is -3.40. The van der Waals surface area contributed by atoms with Crippen molar-refractivity contribution in [3.05, 3.63) is 29.3 Å². The summed E-state index contributed by atoms with van der Waals surface area (Å²) in [4.78, 5) is 0.458.